The lowest BCUT2D eigenvalue weighted by atomic mass is 10.2. The van der Waals surface area contributed by atoms with Crippen LogP contribution in [-0.4, -0.2) is 49.5 Å². The largest absolute Gasteiger partial charge is 0.396 e. The van der Waals surface area contributed by atoms with Crippen molar-refractivity contribution in [3.63, 3.8) is 0 Å². The van der Waals surface area contributed by atoms with Crippen molar-refractivity contribution in [1.29, 1.82) is 0 Å². The second-order valence-electron chi connectivity index (χ2n) is 3.47. The summed E-state index contributed by atoms with van der Waals surface area (Å²) in [7, 11) is 2.08. The molecule has 1 aliphatic rings. The van der Waals surface area contributed by atoms with E-state index in [9.17, 15) is 0 Å². The Morgan fingerprint density at radius 3 is 3.00 bits per heavy atom. The molecule has 0 spiro atoms. The summed E-state index contributed by atoms with van der Waals surface area (Å²) in [6.07, 6.45) is 3.71. The van der Waals surface area contributed by atoms with Gasteiger partial charge in [-0.3, -0.25) is 0 Å². The molecular formula is C9H19NO2. The fourth-order valence-corrected chi connectivity index (χ4v) is 1.57. The molecule has 12 heavy (non-hydrogen) atoms. The van der Waals surface area contributed by atoms with Gasteiger partial charge < -0.3 is 14.7 Å². The summed E-state index contributed by atoms with van der Waals surface area (Å²) in [4.78, 5) is 2.23. The maximum atomic E-state index is 8.62. The predicted molar refractivity (Wildman–Crippen MR) is 48.2 cm³/mol. The molecule has 0 amide bonds. The highest BCUT2D eigenvalue weighted by molar-refractivity contribution is 4.68. The van der Waals surface area contributed by atoms with Crippen LogP contribution in [-0.2, 0) is 4.74 Å². The van der Waals surface area contributed by atoms with Gasteiger partial charge in [-0.1, -0.05) is 0 Å². The molecule has 0 aromatic heterocycles. The highest BCUT2D eigenvalue weighted by Gasteiger charge is 2.16. The highest BCUT2D eigenvalue weighted by Crippen LogP contribution is 2.12. The Bertz CT molecular complexity index is 113. The summed E-state index contributed by atoms with van der Waals surface area (Å²) in [6.45, 7) is 3.20. The van der Waals surface area contributed by atoms with Crippen LogP contribution in [0.4, 0.5) is 0 Å². The Kier molecular flexibility index (Phi) is 4.58. The minimum absolute atomic E-state index is 0.288. The lowest BCUT2D eigenvalue weighted by Gasteiger charge is -2.19. The van der Waals surface area contributed by atoms with Gasteiger partial charge in [0.15, 0.2) is 0 Å². The number of nitrogens with zero attached hydrogens (tertiary/aromatic N) is 1. The van der Waals surface area contributed by atoms with Crippen molar-refractivity contribution in [2.24, 2.45) is 0 Å². The van der Waals surface area contributed by atoms with Crippen LogP contribution >= 0.6 is 0 Å². The van der Waals surface area contributed by atoms with E-state index in [4.69, 9.17) is 9.84 Å². The number of ether oxygens (including phenoxy) is 1. The number of hydrogen-bond acceptors (Lipinski definition) is 3. The molecule has 0 bridgehead atoms. The molecule has 72 valence electrons. The third-order valence-electron chi connectivity index (χ3n) is 2.24. The van der Waals surface area contributed by atoms with Crippen molar-refractivity contribution in [2.75, 3.05) is 33.4 Å². The van der Waals surface area contributed by atoms with E-state index >= 15 is 0 Å². The van der Waals surface area contributed by atoms with Crippen molar-refractivity contribution in [3.05, 3.63) is 0 Å². The molecular weight excluding hydrogens is 154 g/mol. The molecule has 3 heteroatoms. The van der Waals surface area contributed by atoms with E-state index in [1.54, 1.807) is 0 Å². The number of aliphatic hydroxyl groups is 1. The average Bonchev–Trinajstić information content (AvgIpc) is 2.53. The zero-order valence-electron chi connectivity index (χ0n) is 7.83. The number of aliphatic hydroxyl groups excluding tert-OH is 1. The molecule has 1 aliphatic heterocycles. The molecule has 1 N–H and O–H groups in total. The molecule has 0 aliphatic carbocycles. The summed E-state index contributed by atoms with van der Waals surface area (Å²) in [5.74, 6) is 0. The van der Waals surface area contributed by atoms with E-state index in [0.717, 1.165) is 26.1 Å². The summed E-state index contributed by atoms with van der Waals surface area (Å²) in [5, 5.41) is 8.62. The van der Waals surface area contributed by atoms with E-state index in [1.807, 2.05) is 0 Å². The van der Waals surface area contributed by atoms with Gasteiger partial charge in [-0.15, -0.1) is 0 Å². The third kappa shape index (κ3) is 3.52. The molecule has 1 saturated heterocycles. The van der Waals surface area contributed by atoms with Crippen molar-refractivity contribution in [1.82, 2.24) is 4.90 Å². The SMILES string of the molecule is CN(CCCO)CC1CCCO1. The lowest BCUT2D eigenvalue weighted by molar-refractivity contribution is 0.0793. The van der Waals surface area contributed by atoms with E-state index in [2.05, 4.69) is 11.9 Å². The van der Waals surface area contributed by atoms with Gasteiger partial charge in [0.1, 0.15) is 0 Å². The third-order valence-corrected chi connectivity index (χ3v) is 2.24. The first-order valence-corrected chi connectivity index (χ1v) is 4.74. The topological polar surface area (TPSA) is 32.7 Å². The van der Waals surface area contributed by atoms with Gasteiger partial charge in [-0.2, -0.15) is 0 Å². The molecule has 0 aromatic rings. The maximum absolute atomic E-state index is 8.62. The van der Waals surface area contributed by atoms with Crippen LogP contribution in [0.2, 0.25) is 0 Å². The van der Waals surface area contributed by atoms with Gasteiger partial charge in [-0.25, -0.2) is 0 Å². The molecule has 1 heterocycles. The average molecular weight is 173 g/mol. The van der Waals surface area contributed by atoms with Crippen molar-refractivity contribution in [3.8, 4) is 0 Å². The lowest BCUT2D eigenvalue weighted by Crippen LogP contribution is -2.29. The second-order valence-corrected chi connectivity index (χ2v) is 3.47. The van der Waals surface area contributed by atoms with Crippen molar-refractivity contribution in [2.45, 2.75) is 25.4 Å². The van der Waals surface area contributed by atoms with Gasteiger partial charge in [0, 0.05) is 26.3 Å². The molecule has 1 unspecified atom stereocenters. The van der Waals surface area contributed by atoms with Crippen LogP contribution in [0.5, 0.6) is 0 Å². The molecule has 1 rings (SSSR count). The van der Waals surface area contributed by atoms with Crippen LogP contribution in [0.1, 0.15) is 19.3 Å². The molecule has 1 fully saturated rings. The standard InChI is InChI=1S/C9H19NO2/c1-10(5-3-6-11)8-9-4-2-7-12-9/h9,11H,2-8H2,1H3. The Morgan fingerprint density at radius 1 is 1.58 bits per heavy atom. The minimum atomic E-state index is 0.288. The van der Waals surface area contributed by atoms with E-state index in [1.165, 1.54) is 12.8 Å². The van der Waals surface area contributed by atoms with Gasteiger partial charge in [0.2, 0.25) is 0 Å². The Balaban J connectivity index is 2.03. The maximum Gasteiger partial charge on any atom is 0.0702 e. The first-order chi connectivity index (χ1) is 5.83. The van der Waals surface area contributed by atoms with Crippen LogP contribution < -0.4 is 0 Å². The summed E-state index contributed by atoms with van der Waals surface area (Å²) in [5.41, 5.74) is 0. The fourth-order valence-electron chi connectivity index (χ4n) is 1.57. The quantitative estimate of drug-likeness (QED) is 0.656. The summed E-state index contributed by atoms with van der Waals surface area (Å²) in [6, 6.07) is 0. The summed E-state index contributed by atoms with van der Waals surface area (Å²) >= 11 is 0. The number of rotatable bonds is 5. The molecule has 0 saturated carbocycles. The Hall–Kier alpha value is -0.120. The smallest absolute Gasteiger partial charge is 0.0702 e. The van der Waals surface area contributed by atoms with E-state index < -0.39 is 0 Å². The Morgan fingerprint density at radius 2 is 2.42 bits per heavy atom. The zero-order valence-corrected chi connectivity index (χ0v) is 7.83. The van der Waals surface area contributed by atoms with Crippen molar-refractivity contribution < 1.29 is 9.84 Å². The first kappa shape index (κ1) is 9.96. The highest BCUT2D eigenvalue weighted by atomic mass is 16.5. The van der Waals surface area contributed by atoms with Gasteiger partial charge in [0.05, 0.1) is 6.10 Å². The Labute approximate surface area is 74.3 Å². The fraction of sp³-hybridized carbons (Fsp3) is 1.00. The second kappa shape index (κ2) is 5.51. The minimum Gasteiger partial charge on any atom is -0.396 e. The van der Waals surface area contributed by atoms with Crippen LogP contribution in [0.25, 0.3) is 0 Å². The van der Waals surface area contributed by atoms with E-state index in [-0.39, 0.29) is 6.61 Å². The van der Waals surface area contributed by atoms with Gasteiger partial charge in [0.25, 0.3) is 0 Å². The molecule has 0 aromatic carbocycles. The predicted octanol–water partition coefficient (Wildman–Crippen LogP) is 0.480. The van der Waals surface area contributed by atoms with Gasteiger partial charge in [-0.05, 0) is 26.3 Å². The molecule has 1 atom stereocenters. The van der Waals surface area contributed by atoms with Crippen LogP contribution in [0.3, 0.4) is 0 Å². The van der Waals surface area contributed by atoms with Gasteiger partial charge >= 0.3 is 0 Å². The summed E-state index contributed by atoms with van der Waals surface area (Å²) < 4.78 is 5.50. The van der Waals surface area contributed by atoms with Crippen molar-refractivity contribution >= 4 is 0 Å². The monoisotopic (exact) mass is 173 g/mol. The first-order valence-electron chi connectivity index (χ1n) is 4.74. The molecule has 3 nitrogen and oxygen atoms in total. The van der Waals surface area contributed by atoms with Crippen LogP contribution in [0.15, 0.2) is 0 Å². The van der Waals surface area contributed by atoms with Crippen LogP contribution in [0, 0.1) is 0 Å². The number of hydrogen-bond donors (Lipinski definition) is 1. The number of likely N-dealkylation sites (N-methyl/N-ethyl adjacent to an activating group) is 1. The normalized spacial score (nSPS) is 23.8. The molecule has 0 radical (unpaired) electrons. The zero-order chi connectivity index (χ0) is 8.81. The van der Waals surface area contributed by atoms with E-state index in [0.29, 0.717) is 6.10 Å².